The lowest BCUT2D eigenvalue weighted by molar-refractivity contribution is 0.0182. The van der Waals surface area contributed by atoms with Crippen LogP contribution in [0.2, 0.25) is 0 Å². The Hall–Kier alpha value is -2.02. The molecular formula is C12H13F2N3O2. The summed E-state index contributed by atoms with van der Waals surface area (Å²) < 4.78 is 33.5. The van der Waals surface area contributed by atoms with Gasteiger partial charge in [-0.3, -0.25) is 0 Å². The maximum absolute atomic E-state index is 11.8. The van der Waals surface area contributed by atoms with Crippen molar-refractivity contribution in [3.05, 3.63) is 30.1 Å². The molecule has 1 aromatic carbocycles. The Morgan fingerprint density at radius 2 is 2.11 bits per heavy atom. The highest BCUT2D eigenvalue weighted by atomic mass is 19.3. The van der Waals surface area contributed by atoms with Gasteiger partial charge in [0.15, 0.2) is 5.82 Å². The molecule has 0 amide bonds. The molecule has 1 aromatic heterocycles. The summed E-state index contributed by atoms with van der Waals surface area (Å²) in [7, 11) is 0. The Balaban J connectivity index is 1.94. The number of rotatable bonds is 6. The molecule has 7 heteroatoms. The van der Waals surface area contributed by atoms with E-state index in [4.69, 9.17) is 15.0 Å². The van der Waals surface area contributed by atoms with Crippen LogP contribution in [-0.4, -0.2) is 29.8 Å². The molecule has 1 heterocycles. The monoisotopic (exact) mass is 269 g/mol. The second-order valence-electron chi connectivity index (χ2n) is 3.82. The van der Waals surface area contributed by atoms with Gasteiger partial charge in [0.25, 0.3) is 12.3 Å². The standard InChI is InChI=1S/C12H13F2N3O2/c13-10(14)7-18-6-5-11-16-12(19-17-11)8-3-1-2-4-9(8)15/h1-4,10H,5-7,15H2. The summed E-state index contributed by atoms with van der Waals surface area (Å²) in [6, 6.07) is 7.10. The van der Waals surface area contributed by atoms with Crippen LogP contribution >= 0.6 is 0 Å². The van der Waals surface area contributed by atoms with E-state index in [0.29, 0.717) is 29.4 Å². The number of benzene rings is 1. The number of anilines is 1. The minimum Gasteiger partial charge on any atom is -0.398 e. The van der Waals surface area contributed by atoms with E-state index in [1.54, 1.807) is 24.3 Å². The van der Waals surface area contributed by atoms with Gasteiger partial charge in [-0.05, 0) is 12.1 Å². The fraction of sp³-hybridized carbons (Fsp3) is 0.333. The van der Waals surface area contributed by atoms with Crippen molar-refractivity contribution in [2.45, 2.75) is 12.8 Å². The third-order valence-electron chi connectivity index (χ3n) is 2.37. The SMILES string of the molecule is Nc1ccccc1-c1nc(CCOCC(F)F)no1. The van der Waals surface area contributed by atoms with Crippen LogP contribution in [0.4, 0.5) is 14.5 Å². The number of nitrogens with zero attached hydrogens (tertiary/aromatic N) is 2. The molecule has 0 radical (unpaired) electrons. The van der Waals surface area contributed by atoms with Crippen LogP contribution in [-0.2, 0) is 11.2 Å². The van der Waals surface area contributed by atoms with Crippen molar-refractivity contribution in [3.8, 4) is 11.5 Å². The van der Waals surface area contributed by atoms with Gasteiger partial charge in [0.2, 0.25) is 0 Å². The van der Waals surface area contributed by atoms with E-state index in [2.05, 4.69) is 10.1 Å². The quantitative estimate of drug-likeness (QED) is 0.642. The van der Waals surface area contributed by atoms with Crippen LogP contribution in [0.3, 0.4) is 0 Å². The van der Waals surface area contributed by atoms with Gasteiger partial charge in [0, 0.05) is 12.1 Å². The van der Waals surface area contributed by atoms with Crippen LogP contribution < -0.4 is 5.73 Å². The van der Waals surface area contributed by atoms with Crippen LogP contribution in [0, 0.1) is 0 Å². The smallest absolute Gasteiger partial charge is 0.261 e. The number of halogens is 2. The fourth-order valence-corrected chi connectivity index (χ4v) is 1.49. The normalized spacial score (nSPS) is 11.1. The van der Waals surface area contributed by atoms with Crippen molar-refractivity contribution in [1.29, 1.82) is 0 Å². The fourth-order valence-electron chi connectivity index (χ4n) is 1.49. The number of ether oxygens (including phenoxy) is 1. The van der Waals surface area contributed by atoms with Crippen LogP contribution in [0.25, 0.3) is 11.5 Å². The zero-order valence-electron chi connectivity index (χ0n) is 10.1. The van der Waals surface area contributed by atoms with Crippen molar-refractivity contribution >= 4 is 5.69 Å². The summed E-state index contributed by atoms with van der Waals surface area (Å²) in [5, 5.41) is 3.74. The van der Waals surface area contributed by atoms with E-state index in [0.717, 1.165) is 0 Å². The second-order valence-corrected chi connectivity index (χ2v) is 3.82. The molecule has 2 N–H and O–H groups in total. The van der Waals surface area contributed by atoms with Crippen molar-refractivity contribution in [2.75, 3.05) is 18.9 Å². The molecule has 0 aliphatic carbocycles. The molecule has 102 valence electrons. The number of nitrogens with two attached hydrogens (primary N) is 1. The van der Waals surface area contributed by atoms with Crippen LogP contribution in [0.1, 0.15) is 5.82 Å². The zero-order chi connectivity index (χ0) is 13.7. The molecule has 19 heavy (non-hydrogen) atoms. The summed E-state index contributed by atoms with van der Waals surface area (Å²) >= 11 is 0. The first-order valence-corrected chi connectivity index (χ1v) is 5.70. The van der Waals surface area contributed by atoms with Gasteiger partial charge in [0.1, 0.15) is 6.61 Å². The van der Waals surface area contributed by atoms with Gasteiger partial charge in [-0.1, -0.05) is 17.3 Å². The van der Waals surface area contributed by atoms with E-state index in [1.165, 1.54) is 0 Å². The Labute approximate surface area is 108 Å². The lowest BCUT2D eigenvalue weighted by atomic mass is 10.2. The number of hydrogen-bond donors (Lipinski definition) is 1. The summed E-state index contributed by atoms with van der Waals surface area (Å²) in [5.41, 5.74) is 6.96. The number of hydrogen-bond acceptors (Lipinski definition) is 5. The highest BCUT2D eigenvalue weighted by Crippen LogP contribution is 2.23. The van der Waals surface area contributed by atoms with Crippen molar-refractivity contribution in [1.82, 2.24) is 10.1 Å². The van der Waals surface area contributed by atoms with E-state index in [-0.39, 0.29) is 6.61 Å². The van der Waals surface area contributed by atoms with E-state index in [1.807, 2.05) is 0 Å². The highest BCUT2D eigenvalue weighted by Gasteiger charge is 2.11. The van der Waals surface area contributed by atoms with Gasteiger partial charge in [-0.2, -0.15) is 4.98 Å². The van der Waals surface area contributed by atoms with Gasteiger partial charge in [0.05, 0.1) is 12.2 Å². The molecule has 0 saturated carbocycles. The number of alkyl halides is 2. The predicted octanol–water partition coefficient (Wildman–Crippen LogP) is 2.14. The minimum atomic E-state index is -2.47. The molecule has 0 spiro atoms. The molecule has 2 rings (SSSR count). The third kappa shape index (κ3) is 3.72. The maximum Gasteiger partial charge on any atom is 0.261 e. The van der Waals surface area contributed by atoms with E-state index in [9.17, 15) is 8.78 Å². The van der Waals surface area contributed by atoms with Gasteiger partial charge in [-0.15, -0.1) is 0 Å². The molecule has 0 unspecified atom stereocenters. The van der Waals surface area contributed by atoms with Gasteiger partial charge < -0.3 is 15.0 Å². The first-order valence-electron chi connectivity index (χ1n) is 5.70. The number of aromatic nitrogens is 2. The largest absolute Gasteiger partial charge is 0.398 e. The first-order chi connectivity index (χ1) is 9.16. The lowest BCUT2D eigenvalue weighted by Crippen LogP contribution is -2.07. The average Bonchev–Trinajstić information content (AvgIpc) is 2.83. The molecule has 0 saturated heterocycles. The molecular weight excluding hydrogens is 256 g/mol. The number of para-hydroxylation sites is 1. The Bertz CT molecular complexity index is 531. The lowest BCUT2D eigenvalue weighted by Gasteiger charge is -2.00. The minimum absolute atomic E-state index is 0.119. The van der Waals surface area contributed by atoms with Crippen molar-refractivity contribution in [2.24, 2.45) is 0 Å². The Morgan fingerprint density at radius 1 is 1.32 bits per heavy atom. The molecule has 0 aliphatic rings. The van der Waals surface area contributed by atoms with Crippen molar-refractivity contribution < 1.29 is 18.0 Å². The van der Waals surface area contributed by atoms with Gasteiger partial charge >= 0.3 is 0 Å². The summed E-state index contributed by atoms with van der Waals surface area (Å²) in [6.07, 6.45) is -2.16. The van der Waals surface area contributed by atoms with Crippen LogP contribution in [0.5, 0.6) is 0 Å². The van der Waals surface area contributed by atoms with Crippen LogP contribution in [0.15, 0.2) is 28.8 Å². The van der Waals surface area contributed by atoms with E-state index >= 15 is 0 Å². The van der Waals surface area contributed by atoms with Gasteiger partial charge in [-0.25, -0.2) is 8.78 Å². The predicted molar refractivity (Wildman–Crippen MR) is 64.7 cm³/mol. The average molecular weight is 269 g/mol. The highest BCUT2D eigenvalue weighted by molar-refractivity contribution is 5.69. The second kappa shape index (κ2) is 6.24. The van der Waals surface area contributed by atoms with Crippen molar-refractivity contribution in [3.63, 3.8) is 0 Å². The summed E-state index contributed by atoms with van der Waals surface area (Å²) in [6.45, 7) is -0.468. The molecule has 0 fully saturated rings. The molecule has 0 aliphatic heterocycles. The first kappa shape index (κ1) is 13.4. The molecule has 0 atom stereocenters. The summed E-state index contributed by atoms with van der Waals surface area (Å²) in [4.78, 5) is 4.13. The topological polar surface area (TPSA) is 74.2 Å². The Morgan fingerprint density at radius 3 is 2.84 bits per heavy atom. The third-order valence-corrected chi connectivity index (χ3v) is 2.37. The van der Waals surface area contributed by atoms with E-state index < -0.39 is 13.0 Å². The molecule has 5 nitrogen and oxygen atoms in total. The Kier molecular flexibility index (Phi) is 4.40. The zero-order valence-corrected chi connectivity index (χ0v) is 10.1. The molecule has 0 bridgehead atoms. The summed E-state index contributed by atoms with van der Waals surface area (Å²) in [5.74, 6) is 0.703. The maximum atomic E-state index is 11.8. The molecule has 2 aromatic rings. The number of nitrogen functional groups attached to an aromatic ring is 1.